The smallest absolute Gasteiger partial charge is 0.269 e. The van der Waals surface area contributed by atoms with E-state index in [0.29, 0.717) is 29.1 Å². The van der Waals surface area contributed by atoms with Crippen LogP contribution in [0.4, 0.5) is 0 Å². The number of amides is 1. The first kappa shape index (κ1) is 17.2. The summed E-state index contributed by atoms with van der Waals surface area (Å²) in [6.07, 6.45) is 1.33. The lowest BCUT2D eigenvalue weighted by atomic mass is 10.2. The van der Waals surface area contributed by atoms with Crippen LogP contribution >= 0.6 is 11.8 Å². The van der Waals surface area contributed by atoms with Gasteiger partial charge in [-0.1, -0.05) is 23.9 Å². The van der Waals surface area contributed by atoms with Gasteiger partial charge in [-0.25, -0.2) is 14.6 Å². The van der Waals surface area contributed by atoms with E-state index in [-0.39, 0.29) is 23.2 Å². The summed E-state index contributed by atoms with van der Waals surface area (Å²) in [4.78, 5) is 35.5. The van der Waals surface area contributed by atoms with Crippen molar-refractivity contribution in [3.05, 3.63) is 40.9 Å². The maximum Gasteiger partial charge on any atom is 0.269 e. The van der Waals surface area contributed by atoms with E-state index in [2.05, 4.69) is 20.2 Å². The molecular formula is C16H18N6O2S. The molecule has 1 aromatic carbocycles. The van der Waals surface area contributed by atoms with Crippen LogP contribution in [0.5, 0.6) is 0 Å². The Bertz CT molecular complexity index is 933. The van der Waals surface area contributed by atoms with Crippen LogP contribution in [0.2, 0.25) is 0 Å². The van der Waals surface area contributed by atoms with Crippen molar-refractivity contribution < 1.29 is 4.79 Å². The zero-order valence-electron chi connectivity index (χ0n) is 14.0. The first-order valence-corrected chi connectivity index (χ1v) is 8.92. The molecule has 3 aromatic rings. The van der Waals surface area contributed by atoms with Crippen LogP contribution in [-0.4, -0.2) is 54.4 Å². The fourth-order valence-electron chi connectivity index (χ4n) is 2.50. The number of nitrogens with zero attached hydrogens (tertiary/aromatic N) is 5. The van der Waals surface area contributed by atoms with Crippen LogP contribution in [0.3, 0.4) is 0 Å². The molecule has 0 fully saturated rings. The molecule has 2 heterocycles. The second kappa shape index (κ2) is 7.47. The van der Waals surface area contributed by atoms with Crippen molar-refractivity contribution in [2.75, 3.05) is 18.8 Å². The number of H-pyrrole nitrogens is 1. The minimum atomic E-state index is -0.250. The minimum Gasteiger partial charge on any atom is -0.343 e. The molecule has 0 radical (unpaired) electrons. The number of thioether (sulfide) groups is 1. The Morgan fingerprint density at radius 3 is 2.72 bits per heavy atom. The molecule has 8 nitrogen and oxygen atoms in total. The van der Waals surface area contributed by atoms with Gasteiger partial charge in [-0.2, -0.15) is 10.1 Å². The molecule has 0 bridgehead atoms. The van der Waals surface area contributed by atoms with Crippen LogP contribution in [-0.2, 0) is 4.79 Å². The summed E-state index contributed by atoms with van der Waals surface area (Å²) in [7, 11) is 0. The van der Waals surface area contributed by atoms with Gasteiger partial charge >= 0.3 is 0 Å². The molecule has 25 heavy (non-hydrogen) atoms. The molecule has 9 heteroatoms. The third kappa shape index (κ3) is 3.41. The number of aromatic amines is 1. The number of carbonyl (C=O) groups is 1. The number of hydrogen-bond acceptors (Lipinski definition) is 6. The summed E-state index contributed by atoms with van der Waals surface area (Å²) in [6.45, 7) is 5.17. The van der Waals surface area contributed by atoms with Gasteiger partial charge < -0.3 is 4.90 Å². The normalized spacial score (nSPS) is 11.0. The van der Waals surface area contributed by atoms with Gasteiger partial charge in [0.05, 0.1) is 16.7 Å². The van der Waals surface area contributed by atoms with Crippen LogP contribution in [0.15, 0.2) is 40.5 Å². The Balaban J connectivity index is 2.03. The van der Waals surface area contributed by atoms with Crippen molar-refractivity contribution in [2.24, 2.45) is 0 Å². The first-order valence-electron chi connectivity index (χ1n) is 7.93. The third-order valence-electron chi connectivity index (χ3n) is 3.80. The molecular weight excluding hydrogens is 340 g/mol. The second-order valence-corrected chi connectivity index (χ2v) is 6.16. The Morgan fingerprint density at radius 1 is 1.28 bits per heavy atom. The van der Waals surface area contributed by atoms with Gasteiger partial charge in [0.25, 0.3) is 5.56 Å². The van der Waals surface area contributed by atoms with Crippen molar-refractivity contribution in [1.82, 2.24) is 29.6 Å². The maximum atomic E-state index is 12.9. The molecule has 0 aliphatic heterocycles. The van der Waals surface area contributed by atoms with Gasteiger partial charge in [0, 0.05) is 13.1 Å². The lowest BCUT2D eigenvalue weighted by molar-refractivity contribution is -0.127. The fourth-order valence-corrected chi connectivity index (χ4v) is 3.39. The highest BCUT2D eigenvalue weighted by Gasteiger charge is 2.17. The van der Waals surface area contributed by atoms with E-state index in [1.807, 2.05) is 19.9 Å². The summed E-state index contributed by atoms with van der Waals surface area (Å²) >= 11 is 1.21. The third-order valence-corrected chi connectivity index (χ3v) is 4.72. The van der Waals surface area contributed by atoms with Crippen LogP contribution in [0.25, 0.3) is 16.9 Å². The predicted octanol–water partition coefficient (Wildman–Crippen LogP) is 1.46. The van der Waals surface area contributed by atoms with Crippen molar-refractivity contribution in [1.29, 1.82) is 0 Å². The Kier molecular flexibility index (Phi) is 5.13. The number of rotatable bonds is 6. The monoisotopic (exact) mass is 358 g/mol. The molecule has 0 saturated heterocycles. The van der Waals surface area contributed by atoms with Gasteiger partial charge in [-0.15, -0.1) is 0 Å². The van der Waals surface area contributed by atoms with E-state index >= 15 is 0 Å². The molecule has 2 aromatic heterocycles. The Labute approximate surface area is 148 Å². The molecule has 0 aliphatic rings. The number of nitrogens with one attached hydrogen (secondary N) is 1. The molecule has 0 saturated carbocycles. The first-order chi connectivity index (χ1) is 12.2. The molecule has 0 atom stereocenters. The SMILES string of the molecule is CCN(CC)C(=O)CSc1nc2ccccc2c(=O)n1-c1ncn[nH]1. The van der Waals surface area contributed by atoms with Crippen molar-refractivity contribution >= 4 is 28.6 Å². The van der Waals surface area contributed by atoms with E-state index in [1.165, 1.54) is 22.7 Å². The van der Waals surface area contributed by atoms with E-state index in [9.17, 15) is 9.59 Å². The summed E-state index contributed by atoms with van der Waals surface area (Å²) < 4.78 is 1.36. The highest BCUT2D eigenvalue weighted by Crippen LogP contribution is 2.20. The minimum absolute atomic E-state index is 0.00141. The van der Waals surface area contributed by atoms with Crippen LogP contribution in [0.1, 0.15) is 13.8 Å². The summed E-state index contributed by atoms with van der Waals surface area (Å²) in [5, 5.41) is 7.38. The number of carbonyl (C=O) groups excluding carboxylic acids is 1. The maximum absolute atomic E-state index is 12.9. The average molecular weight is 358 g/mol. The molecule has 0 spiro atoms. The molecule has 1 N–H and O–H groups in total. The van der Waals surface area contributed by atoms with Gasteiger partial charge in [0.15, 0.2) is 5.16 Å². The highest BCUT2D eigenvalue weighted by molar-refractivity contribution is 7.99. The topological polar surface area (TPSA) is 96.8 Å². The molecule has 0 aliphatic carbocycles. The largest absolute Gasteiger partial charge is 0.343 e. The van der Waals surface area contributed by atoms with Crippen molar-refractivity contribution in [3.63, 3.8) is 0 Å². The van der Waals surface area contributed by atoms with E-state index in [1.54, 1.807) is 23.1 Å². The van der Waals surface area contributed by atoms with Crippen LogP contribution in [0, 0.1) is 0 Å². The van der Waals surface area contributed by atoms with Crippen LogP contribution < -0.4 is 5.56 Å². The molecule has 130 valence electrons. The summed E-state index contributed by atoms with van der Waals surface area (Å²) in [6, 6.07) is 7.10. The van der Waals surface area contributed by atoms with Gasteiger partial charge in [-0.3, -0.25) is 9.59 Å². The van der Waals surface area contributed by atoms with Gasteiger partial charge in [0.2, 0.25) is 11.9 Å². The second-order valence-electron chi connectivity index (χ2n) is 5.22. The summed E-state index contributed by atoms with van der Waals surface area (Å²) in [5.74, 6) is 0.475. The van der Waals surface area contributed by atoms with Gasteiger partial charge in [0.1, 0.15) is 6.33 Å². The van der Waals surface area contributed by atoms with Crippen molar-refractivity contribution in [2.45, 2.75) is 19.0 Å². The Morgan fingerprint density at radius 2 is 2.04 bits per heavy atom. The predicted molar refractivity (Wildman–Crippen MR) is 95.9 cm³/mol. The standard InChI is InChI=1S/C16H18N6O2S/c1-3-21(4-2)13(23)9-25-16-19-12-8-6-5-7-11(12)14(24)22(16)15-17-10-18-20-15/h5-8,10H,3-4,9H2,1-2H3,(H,17,18,20). The zero-order chi connectivity index (χ0) is 17.8. The lowest BCUT2D eigenvalue weighted by Gasteiger charge is -2.18. The number of benzene rings is 1. The van der Waals surface area contributed by atoms with E-state index < -0.39 is 0 Å². The quantitative estimate of drug-likeness (QED) is 0.529. The Hall–Kier alpha value is -2.68. The van der Waals surface area contributed by atoms with Gasteiger partial charge in [-0.05, 0) is 26.0 Å². The number of aromatic nitrogens is 5. The highest BCUT2D eigenvalue weighted by atomic mass is 32.2. The zero-order valence-corrected chi connectivity index (χ0v) is 14.8. The number of fused-ring (bicyclic) bond motifs is 1. The average Bonchev–Trinajstić information content (AvgIpc) is 3.15. The van der Waals surface area contributed by atoms with E-state index in [0.717, 1.165) is 0 Å². The fraction of sp³-hybridized carbons (Fsp3) is 0.312. The number of para-hydroxylation sites is 1. The molecule has 0 unspecified atom stereocenters. The molecule has 3 rings (SSSR count). The summed E-state index contributed by atoms with van der Waals surface area (Å²) in [5.41, 5.74) is 0.334. The number of hydrogen-bond donors (Lipinski definition) is 1. The molecule has 1 amide bonds. The van der Waals surface area contributed by atoms with Crippen molar-refractivity contribution in [3.8, 4) is 5.95 Å². The lowest BCUT2D eigenvalue weighted by Crippen LogP contribution is -2.32. The van der Waals surface area contributed by atoms with E-state index in [4.69, 9.17) is 0 Å².